The standard InChI is InChI=1S/C29H27N3O/c1-19-9-13-21(14-10-19)26-17-25-27(31-30-26)23-7-5-6-8-24(23)28(25)32-33-18-20-11-15-22(16-12-20)29(2,3)4/h5-17H,18H2,1-4H3/b32-28-. The van der Waals surface area contributed by atoms with Crippen LogP contribution in [-0.2, 0) is 16.9 Å². The summed E-state index contributed by atoms with van der Waals surface area (Å²) in [4.78, 5) is 5.84. The Morgan fingerprint density at radius 3 is 2.18 bits per heavy atom. The molecule has 4 aromatic rings. The van der Waals surface area contributed by atoms with E-state index in [9.17, 15) is 0 Å². The van der Waals surface area contributed by atoms with E-state index in [1.165, 1.54) is 11.1 Å². The van der Waals surface area contributed by atoms with E-state index in [1.807, 2.05) is 12.1 Å². The molecule has 4 heteroatoms. The van der Waals surface area contributed by atoms with Crippen LogP contribution in [0.3, 0.4) is 0 Å². The zero-order valence-corrected chi connectivity index (χ0v) is 19.5. The largest absolute Gasteiger partial charge is 0.390 e. The van der Waals surface area contributed by atoms with Crippen LogP contribution in [-0.4, -0.2) is 15.9 Å². The van der Waals surface area contributed by atoms with Gasteiger partial charge in [-0.15, -0.1) is 10.2 Å². The summed E-state index contributed by atoms with van der Waals surface area (Å²) in [5.41, 5.74) is 10.2. The molecule has 0 saturated heterocycles. The number of rotatable bonds is 4. The lowest BCUT2D eigenvalue weighted by Crippen LogP contribution is -2.10. The summed E-state index contributed by atoms with van der Waals surface area (Å²) in [7, 11) is 0. The molecule has 1 aliphatic rings. The van der Waals surface area contributed by atoms with Gasteiger partial charge in [-0.3, -0.25) is 0 Å². The highest BCUT2D eigenvalue weighted by Gasteiger charge is 2.28. The molecule has 5 rings (SSSR count). The molecule has 0 atom stereocenters. The van der Waals surface area contributed by atoms with Crippen molar-refractivity contribution in [3.8, 4) is 22.5 Å². The number of aryl methyl sites for hydroxylation is 1. The molecule has 0 radical (unpaired) electrons. The van der Waals surface area contributed by atoms with Crippen molar-refractivity contribution in [2.75, 3.05) is 0 Å². The molecule has 0 amide bonds. The third-order valence-corrected chi connectivity index (χ3v) is 6.04. The van der Waals surface area contributed by atoms with Crippen LogP contribution < -0.4 is 0 Å². The normalized spacial score (nSPS) is 13.6. The highest BCUT2D eigenvalue weighted by Crippen LogP contribution is 2.36. The van der Waals surface area contributed by atoms with E-state index in [0.29, 0.717) is 6.61 Å². The highest BCUT2D eigenvalue weighted by atomic mass is 16.6. The molecule has 1 aliphatic carbocycles. The van der Waals surface area contributed by atoms with Crippen molar-refractivity contribution >= 4 is 5.71 Å². The van der Waals surface area contributed by atoms with Gasteiger partial charge in [0.1, 0.15) is 18.0 Å². The minimum absolute atomic E-state index is 0.132. The summed E-state index contributed by atoms with van der Waals surface area (Å²) in [6, 6.07) is 27.1. The average molecular weight is 434 g/mol. The maximum absolute atomic E-state index is 5.84. The molecule has 0 fully saturated rings. The summed E-state index contributed by atoms with van der Waals surface area (Å²) in [6.07, 6.45) is 0. The van der Waals surface area contributed by atoms with Crippen LogP contribution in [0.2, 0.25) is 0 Å². The van der Waals surface area contributed by atoms with Gasteiger partial charge in [-0.1, -0.05) is 104 Å². The van der Waals surface area contributed by atoms with E-state index in [-0.39, 0.29) is 5.41 Å². The summed E-state index contributed by atoms with van der Waals surface area (Å²) >= 11 is 0. The van der Waals surface area contributed by atoms with E-state index in [2.05, 4.69) is 110 Å². The SMILES string of the molecule is Cc1ccc(-c2cc3c(nn2)-c2ccccc2/C3=N/OCc2ccc(C(C)(C)C)cc2)cc1. The van der Waals surface area contributed by atoms with Crippen molar-refractivity contribution in [3.05, 3.63) is 107 Å². The predicted molar refractivity (Wildman–Crippen MR) is 133 cm³/mol. The second-order valence-corrected chi connectivity index (χ2v) is 9.56. The first-order valence-electron chi connectivity index (χ1n) is 11.2. The Bertz CT molecular complexity index is 1330. The first kappa shape index (κ1) is 21.1. The van der Waals surface area contributed by atoms with E-state index in [4.69, 9.17) is 4.84 Å². The maximum atomic E-state index is 5.84. The van der Waals surface area contributed by atoms with E-state index in [0.717, 1.165) is 44.9 Å². The number of oxime groups is 1. The Morgan fingerprint density at radius 1 is 0.788 bits per heavy atom. The molecule has 3 aromatic carbocycles. The Balaban J connectivity index is 1.45. The minimum Gasteiger partial charge on any atom is -0.390 e. The van der Waals surface area contributed by atoms with Crippen molar-refractivity contribution in [3.63, 3.8) is 0 Å². The van der Waals surface area contributed by atoms with Crippen molar-refractivity contribution in [2.24, 2.45) is 5.16 Å². The molecule has 0 aliphatic heterocycles. The summed E-state index contributed by atoms with van der Waals surface area (Å²) in [5, 5.41) is 13.6. The number of fused-ring (bicyclic) bond motifs is 3. The number of aromatic nitrogens is 2. The van der Waals surface area contributed by atoms with Crippen molar-refractivity contribution in [1.82, 2.24) is 10.2 Å². The molecule has 1 heterocycles. The Morgan fingerprint density at radius 2 is 1.48 bits per heavy atom. The third-order valence-electron chi connectivity index (χ3n) is 6.04. The molecule has 0 saturated carbocycles. The maximum Gasteiger partial charge on any atom is 0.142 e. The van der Waals surface area contributed by atoms with Gasteiger partial charge in [0.2, 0.25) is 0 Å². The van der Waals surface area contributed by atoms with Crippen LogP contribution in [0, 0.1) is 6.92 Å². The van der Waals surface area contributed by atoms with E-state index in [1.54, 1.807) is 0 Å². The van der Waals surface area contributed by atoms with Crippen LogP contribution in [0.5, 0.6) is 0 Å². The fourth-order valence-electron chi connectivity index (χ4n) is 4.05. The van der Waals surface area contributed by atoms with Gasteiger partial charge in [0.05, 0.1) is 5.69 Å². The van der Waals surface area contributed by atoms with Crippen molar-refractivity contribution in [1.29, 1.82) is 0 Å². The number of benzene rings is 3. The first-order chi connectivity index (χ1) is 15.9. The third kappa shape index (κ3) is 4.17. The predicted octanol–water partition coefficient (Wildman–Crippen LogP) is 6.70. The molecule has 33 heavy (non-hydrogen) atoms. The molecule has 0 bridgehead atoms. The summed E-state index contributed by atoms with van der Waals surface area (Å²) in [5.74, 6) is 0. The number of nitrogens with zero attached hydrogens (tertiary/aromatic N) is 3. The van der Waals surface area contributed by atoms with Crippen LogP contribution in [0.25, 0.3) is 22.5 Å². The van der Waals surface area contributed by atoms with Crippen LogP contribution in [0.15, 0.2) is 84.0 Å². The lowest BCUT2D eigenvalue weighted by molar-refractivity contribution is 0.131. The van der Waals surface area contributed by atoms with Crippen molar-refractivity contribution < 1.29 is 4.84 Å². The van der Waals surface area contributed by atoms with Crippen molar-refractivity contribution in [2.45, 2.75) is 39.7 Å². The van der Waals surface area contributed by atoms with Gasteiger partial charge < -0.3 is 4.84 Å². The molecule has 0 spiro atoms. The van der Waals surface area contributed by atoms with Gasteiger partial charge in [-0.2, -0.15) is 0 Å². The molecular formula is C29H27N3O. The number of hydrogen-bond donors (Lipinski definition) is 0. The summed E-state index contributed by atoms with van der Waals surface area (Å²) in [6.45, 7) is 9.13. The number of hydrogen-bond acceptors (Lipinski definition) is 4. The minimum atomic E-state index is 0.132. The Labute approximate surface area is 195 Å². The van der Waals surface area contributed by atoms with Crippen LogP contribution in [0.4, 0.5) is 0 Å². The molecule has 0 unspecified atom stereocenters. The summed E-state index contributed by atoms with van der Waals surface area (Å²) < 4.78 is 0. The lowest BCUT2D eigenvalue weighted by Gasteiger charge is -2.19. The molecule has 1 aromatic heterocycles. The lowest BCUT2D eigenvalue weighted by atomic mass is 9.87. The Hall–Kier alpha value is -3.79. The van der Waals surface area contributed by atoms with Gasteiger partial charge in [0, 0.05) is 22.3 Å². The van der Waals surface area contributed by atoms with Gasteiger partial charge in [-0.05, 0) is 29.5 Å². The second kappa shape index (κ2) is 8.28. The van der Waals surface area contributed by atoms with Crippen LogP contribution in [0.1, 0.15) is 48.6 Å². The molecule has 164 valence electrons. The Kier molecular flexibility index (Phi) is 5.29. The average Bonchev–Trinajstić information content (AvgIpc) is 3.12. The van der Waals surface area contributed by atoms with E-state index >= 15 is 0 Å². The zero-order chi connectivity index (χ0) is 23.0. The zero-order valence-electron chi connectivity index (χ0n) is 19.5. The molecular weight excluding hydrogens is 406 g/mol. The highest BCUT2D eigenvalue weighted by molar-refractivity contribution is 6.23. The van der Waals surface area contributed by atoms with Gasteiger partial charge in [0.25, 0.3) is 0 Å². The topological polar surface area (TPSA) is 47.4 Å². The van der Waals surface area contributed by atoms with Crippen LogP contribution >= 0.6 is 0 Å². The van der Waals surface area contributed by atoms with Gasteiger partial charge in [0.15, 0.2) is 0 Å². The second-order valence-electron chi connectivity index (χ2n) is 9.56. The monoisotopic (exact) mass is 433 g/mol. The quantitative estimate of drug-likeness (QED) is 0.296. The van der Waals surface area contributed by atoms with Gasteiger partial charge in [-0.25, -0.2) is 0 Å². The van der Waals surface area contributed by atoms with Gasteiger partial charge >= 0.3 is 0 Å². The molecule has 4 nitrogen and oxygen atoms in total. The fraction of sp³-hybridized carbons (Fsp3) is 0.207. The first-order valence-corrected chi connectivity index (χ1v) is 11.2. The fourth-order valence-corrected chi connectivity index (χ4v) is 4.05. The van der Waals surface area contributed by atoms with E-state index < -0.39 is 0 Å². The molecule has 0 N–H and O–H groups in total. The smallest absolute Gasteiger partial charge is 0.142 e.